The van der Waals surface area contributed by atoms with E-state index < -0.39 is 0 Å². The number of anilines is 2. The Morgan fingerprint density at radius 1 is 1.06 bits per heavy atom. The first-order valence-electron chi connectivity index (χ1n) is 6.08. The number of aromatic nitrogens is 2. The van der Waals surface area contributed by atoms with Crippen LogP contribution in [0.3, 0.4) is 0 Å². The Labute approximate surface area is 106 Å². The van der Waals surface area contributed by atoms with Crippen LogP contribution in [0.5, 0.6) is 0 Å². The average molecular weight is 245 g/mol. The van der Waals surface area contributed by atoms with Gasteiger partial charge in [0.15, 0.2) is 11.6 Å². The van der Waals surface area contributed by atoms with Crippen LogP contribution >= 0.6 is 0 Å². The van der Waals surface area contributed by atoms with E-state index >= 15 is 0 Å². The molecule has 2 aliphatic rings. The van der Waals surface area contributed by atoms with Crippen molar-refractivity contribution < 1.29 is 4.74 Å². The second-order valence-electron chi connectivity index (χ2n) is 4.11. The highest BCUT2D eigenvalue weighted by Crippen LogP contribution is 2.17. The first-order chi connectivity index (χ1) is 8.93. The van der Waals surface area contributed by atoms with Crippen LogP contribution in [0, 0.1) is 0 Å². The van der Waals surface area contributed by atoms with Gasteiger partial charge in [-0.3, -0.25) is 0 Å². The minimum absolute atomic E-state index is 0.735. The van der Waals surface area contributed by atoms with E-state index in [1.54, 1.807) is 5.01 Å². The summed E-state index contributed by atoms with van der Waals surface area (Å²) >= 11 is 0. The maximum absolute atomic E-state index is 5.31. The molecule has 0 amide bonds. The Hall–Kier alpha value is -1.95. The van der Waals surface area contributed by atoms with Gasteiger partial charge >= 0.3 is 0 Å². The topological polar surface area (TPSA) is 53.9 Å². The lowest BCUT2D eigenvalue weighted by atomic mass is 10.4. The van der Waals surface area contributed by atoms with E-state index in [4.69, 9.17) is 4.74 Å². The van der Waals surface area contributed by atoms with Gasteiger partial charge in [0, 0.05) is 31.9 Å². The molecule has 3 heterocycles. The van der Waals surface area contributed by atoms with Crippen LogP contribution in [-0.4, -0.2) is 42.7 Å². The van der Waals surface area contributed by atoms with Crippen LogP contribution in [-0.2, 0) is 4.74 Å². The number of allylic oxidation sites excluding steroid dienone is 1. The van der Waals surface area contributed by atoms with E-state index in [1.165, 1.54) is 0 Å². The lowest BCUT2D eigenvalue weighted by Crippen LogP contribution is -2.36. The van der Waals surface area contributed by atoms with Crippen molar-refractivity contribution in [1.82, 2.24) is 10.2 Å². The molecule has 2 aliphatic heterocycles. The van der Waals surface area contributed by atoms with E-state index in [9.17, 15) is 0 Å². The van der Waals surface area contributed by atoms with Crippen LogP contribution in [0.1, 0.15) is 6.42 Å². The van der Waals surface area contributed by atoms with Crippen molar-refractivity contribution in [3.05, 3.63) is 24.4 Å². The van der Waals surface area contributed by atoms with E-state index in [1.807, 2.05) is 30.6 Å². The van der Waals surface area contributed by atoms with Gasteiger partial charge in [0.2, 0.25) is 0 Å². The molecule has 0 unspecified atom stereocenters. The minimum Gasteiger partial charge on any atom is -0.378 e. The van der Waals surface area contributed by atoms with E-state index in [2.05, 4.69) is 20.2 Å². The molecule has 0 spiro atoms. The minimum atomic E-state index is 0.735. The summed E-state index contributed by atoms with van der Waals surface area (Å²) in [5, 5.41) is 14.4. The fourth-order valence-electron chi connectivity index (χ4n) is 1.93. The number of morpholine rings is 1. The summed E-state index contributed by atoms with van der Waals surface area (Å²) in [6.07, 6.45) is 6.65. The molecule has 1 fully saturated rings. The van der Waals surface area contributed by atoms with E-state index in [0.29, 0.717) is 0 Å². The van der Waals surface area contributed by atoms with Crippen molar-refractivity contribution in [2.45, 2.75) is 6.42 Å². The molecule has 0 N–H and O–H groups in total. The molecule has 94 valence electrons. The molecule has 1 aromatic rings. The summed E-state index contributed by atoms with van der Waals surface area (Å²) < 4.78 is 5.31. The molecule has 0 aromatic carbocycles. The van der Waals surface area contributed by atoms with Gasteiger partial charge in [-0.1, -0.05) is 6.08 Å². The van der Waals surface area contributed by atoms with Crippen molar-refractivity contribution >= 4 is 17.9 Å². The second kappa shape index (κ2) is 5.14. The molecule has 3 rings (SSSR count). The third kappa shape index (κ3) is 2.33. The number of ether oxygens (including phenoxy) is 1. The normalized spacial score (nSPS) is 19.3. The number of rotatable bonds is 2. The zero-order chi connectivity index (χ0) is 12.2. The highest BCUT2D eigenvalue weighted by Gasteiger charge is 2.13. The predicted molar refractivity (Wildman–Crippen MR) is 69.8 cm³/mol. The summed E-state index contributed by atoms with van der Waals surface area (Å²) in [6.45, 7) is 3.25. The van der Waals surface area contributed by atoms with Crippen LogP contribution in [0.25, 0.3) is 0 Å². The largest absolute Gasteiger partial charge is 0.378 e. The molecule has 0 saturated carbocycles. The van der Waals surface area contributed by atoms with Gasteiger partial charge in [0.05, 0.1) is 13.2 Å². The lowest BCUT2D eigenvalue weighted by molar-refractivity contribution is 0.122. The number of hydrogen-bond donors (Lipinski definition) is 0. The fourth-order valence-corrected chi connectivity index (χ4v) is 1.93. The van der Waals surface area contributed by atoms with Crippen LogP contribution in [0.15, 0.2) is 29.5 Å². The Morgan fingerprint density at radius 2 is 1.83 bits per heavy atom. The second-order valence-corrected chi connectivity index (χ2v) is 4.11. The molecule has 6 heteroatoms. The zero-order valence-electron chi connectivity index (χ0n) is 10.1. The molecule has 0 radical (unpaired) electrons. The van der Waals surface area contributed by atoms with Gasteiger partial charge in [0.1, 0.15) is 0 Å². The summed E-state index contributed by atoms with van der Waals surface area (Å²) in [6, 6.07) is 3.91. The molecule has 6 nitrogen and oxygen atoms in total. The molecular formula is C12H15N5O. The van der Waals surface area contributed by atoms with Crippen LogP contribution in [0.2, 0.25) is 0 Å². The quantitative estimate of drug-likeness (QED) is 0.778. The molecule has 18 heavy (non-hydrogen) atoms. The Balaban J connectivity index is 1.73. The molecule has 1 aromatic heterocycles. The Morgan fingerprint density at radius 3 is 2.50 bits per heavy atom. The summed E-state index contributed by atoms with van der Waals surface area (Å²) in [5.41, 5.74) is 0. The molecule has 1 saturated heterocycles. The van der Waals surface area contributed by atoms with Crippen molar-refractivity contribution in [2.75, 3.05) is 36.2 Å². The van der Waals surface area contributed by atoms with Crippen LogP contribution in [0.4, 0.5) is 11.6 Å². The van der Waals surface area contributed by atoms with Gasteiger partial charge in [-0.25, -0.2) is 5.01 Å². The van der Waals surface area contributed by atoms with Gasteiger partial charge in [-0.2, -0.15) is 5.10 Å². The first kappa shape index (κ1) is 11.2. The zero-order valence-corrected chi connectivity index (χ0v) is 10.1. The SMILES string of the molecule is C1=CN(c2ccc(N3CCOCC3)nn2)N=CC1. The first-order valence-corrected chi connectivity index (χ1v) is 6.08. The summed E-state index contributed by atoms with van der Waals surface area (Å²) in [4.78, 5) is 2.18. The van der Waals surface area contributed by atoms with Crippen LogP contribution < -0.4 is 9.91 Å². The van der Waals surface area contributed by atoms with Crippen molar-refractivity contribution in [3.8, 4) is 0 Å². The average Bonchev–Trinajstić information content (AvgIpc) is 2.49. The van der Waals surface area contributed by atoms with Gasteiger partial charge in [0.25, 0.3) is 0 Å². The smallest absolute Gasteiger partial charge is 0.175 e. The number of nitrogens with zero attached hydrogens (tertiary/aromatic N) is 5. The third-order valence-corrected chi connectivity index (χ3v) is 2.90. The number of hydrazone groups is 1. The standard InChI is InChI=1S/C12H15N5O/c1-2-6-17(13-5-1)12-4-3-11(14-15-12)16-7-9-18-10-8-16/h2-6H,1,7-10H2. The van der Waals surface area contributed by atoms with E-state index in [-0.39, 0.29) is 0 Å². The summed E-state index contributed by atoms with van der Waals surface area (Å²) in [5.74, 6) is 1.63. The van der Waals surface area contributed by atoms with Gasteiger partial charge in [-0.05, 0) is 12.1 Å². The fraction of sp³-hybridized carbons (Fsp3) is 0.417. The molecule has 0 bridgehead atoms. The molecule has 0 aliphatic carbocycles. The third-order valence-electron chi connectivity index (χ3n) is 2.90. The van der Waals surface area contributed by atoms with E-state index in [0.717, 1.165) is 44.4 Å². The Kier molecular flexibility index (Phi) is 3.18. The van der Waals surface area contributed by atoms with Crippen molar-refractivity contribution in [2.24, 2.45) is 5.10 Å². The van der Waals surface area contributed by atoms with Gasteiger partial charge in [-0.15, -0.1) is 10.2 Å². The van der Waals surface area contributed by atoms with Gasteiger partial charge < -0.3 is 9.64 Å². The highest BCUT2D eigenvalue weighted by atomic mass is 16.5. The van der Waals surface area contributed by atoms with Crippen molar-refractivity contribution in [3.63, 3.8) is 0 Å². The lowest BCUT2D eigenvalue weighted by Gasteiger charge is -2.27. The highest BCUT2D eigenvalue weighted by molar-refractivity contribution is 5.64. The number of hydrogen-bond acceptors (Lipinski definition) is 6. The predicted octanol–water partition coefficient (Wildman–Crippen LogP) is 1.02. The molecule has 0 atom stereocenters. The maximum atomic E-state index is 5.31. The summed E-state index contributed by atoms with van der Waals surface area (Å²) in [7, 11) is 0. The van der Waals surface area contributed by atoms with Crippen molar-refractivity contribution in [1.29, 1.82) is 0 Å². The molecular weight excluding hydrogens is 230 g/mol. The monoisotopic (exact) mass is 245 g/mol. The Bertz CT molecular complexity index is 438. The maximum Gasteiger partial charge on any atom is 0.175 e.